The fraction of sp³-hybridized carbons (Fsp3) is 0.632. The molecule has 1 aromatic carbocycles. The number of carbonyl (C=O) groups excluding carboxylic acids is 1. The molecule has 7 nitrogen and oxygen atoms in total. The van der Waals surface area contributed by atoms with Gasteiger partial charge in [-0.3, -0.25) is 4.79 Å². The van der Waals surface area contributed by atoms with Gasteiger partial charge in [0, 0.05) is 31.6 Å². The second-order valence-electron chi connectivity index (χ2n) is 6.98. The van der Waals surface area contributed by atoms with E-state index in [2.05, 4.69) is 10.6 Å². The molecule has 0 spiro atoms. The molecule has 0 aromatic heterocycles. The van der Waals surface area contributed by atoms with Crippen molar-refractivity contribution in [3.63, 3.8) is 0 Å². The molecule has 2 unspecified atom stereocenters. The highest BCUT2D eigenvalue weighted by molar-refractivity contribution is 7.89. The van der Waals surface area contributed by atoms with Crippen LogP contribution in [-0.2, 0) is 14.8 Å². The molecule has 27 heavy (non-hydrogen) atoms. The van der Waals surface area contributed by atoms with Gasteiger partial charge in [0.1, 0.15) is 0 Å². The number of nitrogens with zero attached hydrogens (tertiary/aromatic N) is 1. The van der Waals surface area contributed by atoms with Crippen LogP contribution in [0.4, 0.5) is 11.4 Å². The molecule has 152 valence electrons. The van der Waals surface area contributed by atoms with Crippen LogP contribution < -0.4 is 16.4 Å². The Labute approximate surface area is 162 Å². The van der Waals surface area contributed by atoms with E-state index in [4.69, 9.17) is 5.73 Å². The van der Waals surface area contributed by atoms with Crippen LogP contribution >= 0.6 is 0 Å². The third kappa shape index (κ3) is 5.21. The Kier molecular flexibility index (Phi) is 7.64. The summed E-state index contributed by atoms with van der Waals surface area (Å²) in [5, 5.41) is 6.19. The van der Waals surface area contributed by atoms with Gasteiger partial charge in [-0.1, -0.05) is 20.8 Å². The van der Waals surface area contributed by atoms with Gasteiger partial charge >= 0.3 is 0 Å². The number of sulfonamides is 1. The summed E-state index contributed by atoms with van der Waals surface area (Å²) in [5.74, 6) is -0.220. The van der Waals surface area contributed by atoms with Gasteiger partial charge in [0.2, 0.25) is 15.9 Å². The van der Waals surface area contributed by atoms with Crippen molar-refractivity contribution < 1.29 is 13.2 Å². The van der Waals surface area contributed by atoms with Crippen LogP contribution in [0.25, 0.3) is 0 Å². The van der Waals surface area contributed by atoms with Crippen molar-refractivity contribution in [3.8, 4) is 0 Å². The van der Waals surface area contributed by atoms with Crippen molar-refractivity contribution in [2.24, 2.45) is 11.7 Å². The first-order valence-corrected chi connectivity index (χ1v) is 11.2. The van der Waals surface area contributed by atoms with Gasteiger partial charge in [-0.05, 0) is 43.9 Å². The van der Waals surface area contributed by atoms with Crippen LogP contribution in [0.2, 0.25) is 0 Å². The van der Waals surface area contributed by atoms with E-state index in [1.807, 2.05) is 20.8 Å². The smallest absolute Gasteiger partial charge is 0.243 e. The van der Waals surface area contributed by atoms with Crippen molar-refractivity contribution >= 4 is 27.3 Å². The maximum absolute atomic E-state index is 12.8. The topological polar surface area (TPSA) is 105 Å². The average molecular weight is 397 g/mol. The molecule has 1 amide bonds. The first kappa shape index (κ1) is 21.7. The van der Waals surface area contributed by atoms with E-state index >= 15 is 0 Å². The minimum Gasteiger partial charge on any atom is -0.383 e. The van der Waals surface area contributed by atoms with Gasteiger partial charge in [0.05, 0.1) is 16.3 Å². The van der Waals surface area contributed by atoms with E-state index in [-0.39, 0.29) is 22.8 Å². The largest absolute Gasteiger partial charge is 0.383 e. The number of rotatable bonds is 9. The predicted octanol–water partition coefficient (Wildman–Crippen LogP) is 2.60. The maximum atomic E-state index is 12.8. The van der Waals surface area contributed by atoms with E-state index in [0.717, 1.165) is 31.5 Å². The van der Waals surface area contributed by atoms with Gasteiger partial charge in [-0.15, -0.1) is 0 Å². The summed E-state index contributed by atoms with van der Waals surface area (Å²) >= 11 is 0. The lowest BCUT2D eigenvalue weighted by molar-refractivity contribution is -0.119. The number of amides is 1. The second-order valence-corrected chi connectivity index (χ2v) is 8.92. The van der Waals surface area contributed by atoms with Crippen LogP contribution in [0.1, 0.15) is 46.5 Å². The lowest BCUT2D eigenvalue weighted by atomic mass is 10.1. The number of nitrogens with two attached hydrogens (primary N) is 1. The summed E-state index contributed by atoms with van der Waals surface area (Å²) in [4.78, 5) is 12.8. The first-order valence-electron chi connectivity index (χ1n) is 9.77. The van der Waals surface area contributed by atoms with Crippen molar-refractivity contribution in [3.05, 3.63) is 18.2 Å². The predicted molar refractivity (Wildman–Crippen MR) is 109 cm³/mol. The molecule has 0 aliphatic heterocycles. The Hall–Kier alpha value is -1.64. The van der Waals surface area contributed by atoms with Crippen molar-refractivity contribution in [1.29, 1.82) is 0 Å². The zero-order chi connectivity index (χ0) is 20.0. The zero-order valence-corrected chi connectivity index (χ0v) is 17.3. The highest BCUT2D eigenvalue weighted by Gasteiger charge is 2.29. The number of benzene rings is 1. The number of carbonyl (C=O) groups is 1. The van der Waals surface area contributed by atoms with Crippen molar-refractivity contribution in [2.45, 2.75) is 57.4 Å². The average Bonchev–Trinajstić information content (AvgIpc) is 3.08. The molecule has 0 bridgehead atoms. The van der Waals surface area contributed by atoms with Crippen LogP contribution in [0.3, 0.4) is 0 Å². The zero-order valence-electron chi connectivity index (χ0n) is 16.5. The summed E-state index contributed by atoms with van der Waals surface area (Å²) in [5.41, 5.74) is 7.15. The molecule has 1 saturated carbocycles. The highest BCUT2D eigenvalue weighted by atomic mass is 32.2. The summed E-state index contributed by atoms with van der Waals surface area (Å²) in [7, 11) is -3.59. The van der Waals surface area contributed by atoms with E-state index in [0.29, 0.717) is 25.2 Å². The number of anilines is 2. The standard InChI is InChI=1S/C19H32N4O3S/c1-4-11-21-17-10-9-16(27(25,26)23(5-2)6-3)13-18(17)22-19(24)14-7-8-15(20)12-14/h9-10,13-15,21H,4-8,11-12,20H2,1-3H3,(H,22,24). The Morgan fingerprint density at radius 2 is 1.89 bits per heavy atom. The fourth-order valence-corrected chi connectivity index (χ4v) is 4.89. The molecule has 0 radical (unpaired) electrons. The van der Waals surface area contributed by atoms with Crippen LogP contribution in [0, 0.1) is 5.92 Å². The van der Waals surface area contributed by atoms with Gasteiger partial charge in [-0.2, -0.15) is 4.31 Å². The van der Waals surface area contributed by atoms with Gasteiger partial charge in [0.15, 0.2) is 0 Å². The van der Waals surface area contributed by atoms with Gasteiger partial charge in [0.25, 0.3) is 0 Å². The molecule has 1 aromatic rings. The maximum Gasteiger partial charge on any atom is 0.243 e. The lowest BCUT2D eigenvalue weighted by Gasteiger charge is -2.21. The van der Waals surface area contributed by atoms with E-state index in [1.165, 1.54) is 4.31 Å². The highest BCUT2D eigenvalue weighted by Crippen LogP contribution is 2.30. The molecule has 4 N–H and O–H groups in total. The minimum absolute atomic E-state index is 0.0628. The molecular formula is C19H32N4O3S. The fourth-order valence-electron chi connectivity index (χ4n) is 3.40. The summed E-state index contributed by atoms with van der Waals surface area (Å²) in [6.45, 7) is 7.20. The van der Waals surface area contributed by atoms with Gasteiger partial charge in [-0.25, -0.2) is 8.42 Å². The number of hydrogen-bond donors (Lipinski definition) is 3. The van der Waals surface area contributed by atoms with Crippen LogP contribution in [-0.4, -0.2) is 44.3 Å². The normalized spacial score (nSPS) is 20.0. The molecule has 2 atom stereocenters. The van der Waals surface area contributed by atoms with Crippen LogP contribution in [0.15, 0.2) is 23.1 Å². The van der Waals surface area contributed by atoms with Gasteiger partial charge < -0.3 is 16.4 Å². The summed E-state index contributed by atoms with van der Waals surface area (Å²) < 4.78 is 27.1. The molecule has 0 heterocycles. The first-order chi connectivity index (χ1) is 12.8. The third-order valence-electron chi connectivity index (χ3n) is 5.00. The number of nitrogens with one attached hydrogen (secondary N) is 2. The van der Waals surface area contributed by atoms with Crippen molar-refractivity contribution in [2.75, 3.05) is 30.3 Å². The molecule has 1 fully saturated rings. The van der Waals surface area contributed by atoms with E-state index in [1.54, 1.807) is 18.2 Å². The third-order valence-corrected chi connectivity index (χ3v) is 7.05. The molecule has 0 saturated heterocycles. The second kappa shape index (κ2) is 9.52. The molecule has 2 rings (SSSR count). The Balaban J connectivity index is 2.32. The molecule has 8 heteroatoms. The van der Waals surface area contributed by atoms with Crippen LogP contribution in [0.5, 0.6) is 0 Å². The van der Waals surface area contributed by atoms with E-state index in [9.17, 15) is 13.2 Å². The minimum atomic E-state index is -3.59. The number of hydrogen-bond acceptors (Lipinski definition) is 5. The molecule has 1 aliphatic rings. The van der Waals surface area contributed by atoms with Crippen molar-refractivity contribution in [1.82, 2.24) is 4.31 Å². The Morgan fingerprint density at radius 3 is 2.44 bits per heavy atom. The lowest BCUT2D eigenvalue weighted by Crippen LogP contribution is -2.30. The molecule has 1 aliphatic carbocycles. The SMILES string of the molecule is CCCNc1ccc(S(=O)(=O)N(CC)CC)cc1NC(=O)C1CCC(N)C1. The Bertz CT molecular complexity index is 747. The van der Waals surface area contributed by atoms with E-state index < -0.39 is 10.0 Å². The Morgan fingerprint density at radius 1 is 1.19 bits per heavy atom. The summed E-state index contributed by atoms with van der Waals surface area (Å²) in [6.07, 6.45) is 3.20. The monoisotopic (exact) mass is 396 g/mol. The quantitative estimate of drug-likeness (QED) is 0.595. The molecular weight excluding hydrogens is 364 g/mol. The summed E-state index contributed by atoms with van der Waals surface area (Å²) in [6, 6.07) is 4.93.